The van der Waals surface area contributed by atoms with Gasteiger partial charge in [0.1, 0.15) is 0 Å². The van der Waals surface area contributed by atoms with E-state index >= 15 is 0 Å². The molecule has 0 aliphatic heterocycles. The molecule has 25 heavy (non-hydrogen) atoms. The van der Waals surface area contributed by atoms with Crippen LogP contribution in [0.2, 0.25) is 5.02 Å². The Hall–Kier alpha value is -2.06. The van der Waals surface area contributed by atoms with Gasteiger partial charge in [-0.25, -0.2) is 8.42 Å². The van der Waals surface area contributed by atoms with Gasteiger partial charge < -0.3 is 5.32 Å². The summed E-state index contributed by atoms with van der Waals surface area (Å²) in [7, 11) is -3.20. The average Bonchev–Trinajstić information content (AvgIpc) is 2.47. The first-order valence-electron chi connectivity index (χ1n) is 6.90. The van der Waals surface area contributed by atoms with Crippen LogP contribution in [0.3, 0.4) is 0 Å². The summed E-state index contributed by atoms with van der Waals surface area (Å²) in [5.41, 5.74) is -0.414. The molecule has 0 saturated heterocycles. The van der Waals surface area contributed by atoms with Gasteiger partial charge in [-0.3, -0.25) is 4.79 Å². The van der Waals surface area contributed by atoms with Crippen molar-refractivity contribution in [3.63, 3.8) is 0 Å². The van der Waals surface area contributed by atoms with Crippen LogP contribution >= 0.6 is 11.6 Å². The van der Waals surface area contributed by atoms with Crippen LogP contribution in [-0.2, 0) is 21.8 Å². The fraction of sp³-hybridized carbons (Fsp3) is 0.188. The molecule has 0 aliphatic carbocycles. The smallest absolute Gasteiger partial charge is 0.322 e. The maximum absolute atomic E-state index is 12.8. The second kappa shape index (κ2) is 7.05. The lowest BCUT2D eigenvalue weighted by atomic mass is 10.1. The van der Waals surface area contributed by atoms with Crippen molar-refractivity contribution in [2.45, 2.75) is 11.9 Å². The number of anilines is 1. The van der Waals surface area contributed by atoms with Gasteiger partial charge in [-0.05, 0) is 35.9 Å². The highest BCUT2D eigenvalue weighted by molar-refractivity contribution is 7.89. The number of hydrogen-bond acceptors (Lipinski definition) is 3. The summed E-state index contributed by atoms with van der Waals surface area (Å²) in [4.78, 5) is 12.1. The van der Waals surface area contributed by atoms with E-state index in [1.807, 2.05) is 0 Å². The zero-order chi connectivity index (χ0) is 18.8. The van der Waals surface area contributed by atoms with Crippen molar-refractivity contribution in [1.29, 1.82) is 0 Å². The molecule has 0 aliphatic rings. The lowest BCUT2D eigenvalue weighted by molar-refractivity contribution is -0.137. The van der Waals surface area contributed by atoms with E-state index in [-0.39, 0.29) is 17.0 Å². The molecule has 134 valence electrons. The van der Waals surface area contributed by atoms with Crippen LogP contribution in [0.4, 0.5) is 18.9 Å². The summed E-state index contributed by atoms with van der Waals surface area (Å²) in [6.45, 7) is 0. The standard InChI is InChI=1S/C16H13ClF3NO3S/c1-25(23,24)9-10-2-4-11(5-3-10)15(22)21-12-6-7-14(17)13(8-12)16(18,19)20/h2-8H,9H2,1H3,(H,21,22). The molecule has 0 spiro atoms. The summed E-state index contributed by atoms with van der Waals surface area (Å²) < 4.78 is 60.9. The highest BCUT2D eigenvalue weighted by Gasteiger charge is 2.33. The van der Waals surface area contributed by atoms with Crippen LogP contribution in [-0.4, -0.2) is 20.6 Å². The molecule has 0 heterocycles. The quantitative estimate of drug-likeness (QED) is 0.851. The Morgan fingerprint density at radius 3 is 2.24 bits per heavy atom. The molecule has 2 aromatic rings. The van der Waals surface area contributed by atoms with E-state index in [1.54, 1.807) is 0 Å². The molecule has 0 saturated carbocycles. The summed E-state index contributed by atoms with van der Waals surface area (Å²) in [6, 6.07) is 8.80. The molecule has 2 aromatic carbocycles. The van der Waals surface area contributed by atoms with Gasteiger partial charge in [-0.15, -0.1) is 0 Å². The summed E-state index contributed by atoms with van der Waals surface area (Å²) in [6.07, 6.45) is -3.54. The van der Waals surface area contributed by atoms with Crippen molar-refractivity contribution in [1.82, 2.24) is 0 Å². The van der Waals surface area contributed by atoms with Crippen molar-refractivity contribution in [2.75, 3.05) is 11.6 Å². The molecule has 0 atom stereocenters. The van der Waals surface area contributed by atoms with Gasteiger partial charge in [0.15, 0.2) is 9.84 Å². The first-order valence-corrected chi connectivity index (χ1v) is 9.34. The SMILES string of the molecule is CS(=O)(=O)Cc1ccc(C(=O)Nc2ccc(Cl)c(C(F)(F)F)c2)cc1. The lowest BCUT2D eigenvalue weighted by Crippen LogP contribution is -2.13. The fourth-order valence-electron chi connectivity index (χ4n) is 2.08. The van der Waals surface area contributed by atoms with Gasteiger partial charge in [0.05, 0.1) is 16.3 Å². The maximum Gasteiger partial charge on any atom is 0.417 e. The minimum Gasteiger partial charge on any atom is -0.322 e. The van der Waals surface area contributed by atoms with E-state index in [4.69, 9.17) is 11.6 Å². The topological polar surface area (TPSA) is 63.2 Å². The predicted octanol–water partition coefficient (Wildman–Crippen LogP) is 4.16. The van der Waals surface area contributed by atoms with E-state index in [1.165, 1.54) is 30.3 Å². The van der Waals surface area contributed by atoms with Gasteiger partial charge >= 0.3 is 6.18 Å². The number of benzene rings is 2. The number of alkyl halides is 3. The Kier molecular flexibility index (Phi) is 5.43. The monoisotopic (exact) mass is 391 g/mol. The van der Waals surface area contributed by atoms with Crippen LogP contribution in [0.5, 0.6) is 0 Å². The zero-order valence-electron chi connectivity index (χ0n) is 12.9. The van der Waals surface area contributed by atoms with Gasteiger partial charge in [0.2, 0.25) is 0 Å². The fourth-order valence-corrected chi connectivity index (χ4v) is 3.10. The zero-order valence-corrected chi connectivity index (χ0v) is 14.5. The van der Waals surface area contributed by atoms with Crippen LogP contribution in [0.1, 0.15) is 21.5 Å². The number of nitrogens with one attached hydrogen (secondary N) is 1. The average molecular weight is 392 g/mol. The van der Waals surface area contributed by atoms with E-state index in [2.05, 4.69) is 5.32 Å². The first kappa shape index (κ1) is 19.3. The summed E-state index contributed by atoms with van der Waals surface area (Å²) >= 11 is 5.52. The third kappa shape index (κ3) is 5.47. The molecule has 0 bridgehead atoms. The number of carbonyl (C=O) groups excluding carboxylic acids is 1. The molecule has 1 N–H and O–H groups in total. The molecule has 0 radical (unpaired) electrons. The van der Waals surface area contributed by atoms with Gasteiger partial charge in [-0.2, -0.15) is 13.2 Å². The molecule has 2 rings (SSSR count). The highest BCUT2D eigenvalue weighted by atomic mass is 35.5. The minimum absolute atomic E-state index is 0.0538. The van der Waals surface area contributed by atoms with Crippen LogP contribution in [0.25, 0.3) is 0 Å². The maximum atomic E-state index is 12.8. The normalized spacial score (nSPS) is 12.0. The number of hydrogen-bond donors (Lipinski definition) is 1. The molecule has 0 unspecified atom stereocenters. The third-order valence-corrected chi connectivity index (χ3v) is 4.36. The number of halogens is 4. The third-order valence-electron chi connectivity index (χ3n) is 3.17. The summed E-state index contributed by atoms with van der Waals surface area (Å²) in [5.74, 6) is -0.789. The van der Waals surface area contributed by atoms with E-state index in [0.717, 1.165) is 18.4 Å². The lowest BCUT2D eigenvalue weighted by Gasteiger charge is -2.12. The number of sulfone groups is 1. The van der Waals surface area contributed by atoms with Crippen molar-refractivity contribution in [3.05, 3.63) is 64.2 Å². The summed E-state index contributed by atoms with van der Waals surface area (Å²) in [5, 5.41) is 1.89. The van der Waals surface area contributed by atoms with E-state index in [9.17, 15) is 26.4 Å². The molecule has 1 amide bonds. The number of rotatable bonds is 4. The van der Waals surface area contributed by atoms with E-state index < -0.39 is 32.5 Å². The van der Waals surface area contributed by atoms with Crippen LogP contribution in [0, 0.1) is 0 Å². The second-order valence-corrected chi connectivity index (χ2v) is 7.96. The predicted molar refractivity (Wildman–Crippen MR) is 89.4 cm³/mol. The Morgan fingerprint density at radius 2 is 1.72 bits per heavy atom. The molecule has 0 aromatic heterocycles. The van der Waals surface area contributed by atoms with Crippen molar-refractivity contribution >= 4 is 33.0 Å². The van der Waals surface area contributed by atoms with Crippen LogP contribution < -0.4 is 5.32 Å². The van der Waals surface area contributed by atoms with Gasteiger partial charge in [0.25, 0.3) is 5.91 Å². The van der Waals surface area contributed by atoms with Gasteiger partial charge in [-0.1, -0.05) is 23.7 Å². The van der Waals surface area contributed by atoms with Crippen LogP contribution in [0.15, 0.2) is 42.5 Å². The second-order valence-electron chi connectivity index (χ2n) is 5.41. The highest BCUT2D eigenvalue weighted by Crippen LogP contribution is 2.36. The Bertz CT molecular complexity index is 894. The molecule has 9 heteroatoms. The molecule has 4 nitrogen and oxygen atoms in total. The Morgan fingerprint density at radius 1 is 1.12 bits per heavy atom. The minimum atomic E-state index is -4.63. The van der Waals surface area contributed by atoms with Crippen molar-refractivity contribution in [2.24, 2.45) is 0 Å². The van der Waals surface area contributed by atoms with Crippen molar-refractivity contribution < 1.29 is 26.4 Å². The van der Waals surface area contributed by atoms with Crippen molar-refractivity contribution in [3.8, 4) is 0 Å². The number of amides is 1. The molecule has 0 fully saturated rings. The molecular formula is C16H13ClF3NO3S. The molecular weight excluding hydrogens is 379 g/mol. The van der Waals surface area contributed by atoms with E-state index in [0.29, 0.717) is 5.56 Å². The first-order chi connectivity index (χ1) is 11.5. The number of carbonyl (C=O) groups is 1. The largest absolute Gasteiger partial charge is 0.417 e. The van der Waals surface area contributed by atoms with Gasteiger partial charge in [0, 0.05) is 17.5 Å². The Balaban J connectivity index is 2.17. The Labute approximate surface area is 147 Å².